The van der Waals surface area contributed by atoms with Gasteiger partial charge >= 0.3 is 12.3 Å². The lowest BCUT2D eigenvalue weighted by Crippen LogP contribution is -2.43. The molecule has 1 atom stereocenters. The second-order valence-corrected chi connectivity index (χ2v) is 3.62. The molecule has 9 heteroatoms. The third-order valence-electron chi connectivity index (χ3n) is 2.14. The molecule has 0 heterocycles. The van der Waals surface area contributed by atoms with E-state index in [4.69, 9.17) is 10.2 Å². The summed E-state index contributed by atoms with van der Waals surface area (Å²) in [6, 6.07) is 2.40. The van der Waals surface area contributed by atoms with E-state index in [9.17, 15) is 22.8 Å². The monoisotopic (exact) mass is 293 g/mol. The number of alkyl halides is 3. The highest BCUT2D eigenvalue weighted by Gasteiger charge is 2.31. The summed E-state index contributed by atoms with van der Waals surface area (Å²) in [5.74, 6) is -2.78. The maximum Gasteiger partial charge on any atom is 0.573 e. The number of amides is 1. The van der Waals surface area contributed by atoms with Crippen LogP contribution in [0.2, 0.25) is 0 Å². The highest BCUT2D eigenvalue weighted by Crippen LogP contribution is 2.22. The summed E-state index contributed by atoms with van der Waals surface area (Å²) < 4.78 is 39.3. The molecule has 0 saturated carbocycles. The van der Waals surface area contributed by atoms with Crippen molar-refractivity contribution in [3.05, 3.63) is 29.8 Å². The van der Waals surface area contributed by atoms with Gasteiger partial charge in [-0.25, -0.2) is 4.79 Å². The number of benzene rings is 1. The standard InChI is InChI=1S/C11H10F3NO5/c12-11(13,14)20-7-3-1-6(2-4-7)9(17)15-8(5-16)10(18)19/h1-4,8,16H,5H2,(H,15,17)(H,18,19)/t8-/m1/s1. The second-order valence-electron chi connectivity index (χ2n) is 3.62. The molecule has 20 heavy (non-hydrogen) atoms. The molecule has 1 amide bonds. The van der Waals surface area contributed by atoms with E-state index in [1.165, 1.54) is 0 Å². The van der Waals surface area contributed by atoms with Crippen LogP contribution in [-0.2, 0) is 4.79 Å². The Balaban J connectivity index is 2.73. The minimum atomic E-state index is -4.84. The number of ether oxygens (including phenoxy) is 1. The maximum absolute atomic E-state index is 11.9. The van der Waals surface area contributed by atoms with Crippen molar-refractivity contribution in [2.45, 2.75) is 12.4 Å². The van der Waals surface area contributed by atoms with Gasteiger partial charge in [0.2, 0.25) is 0 Å². The van der Waals surface area contributed by atoms with Gasteiger partial charge < -0.3 is 20.3 Å². The molecular formula is C11H10F3NO5. The van der Waals surface area contributed by atoms with Gasteiger partial charge in [0.05, 0.1) is 6.61 Å². The number of halogens is 3. The Hall–Kier alpha value is -2.29. The Labute approximate surface area is 110 Å². The summed E-state index contributed by atoms with van der Waals surface area (Å²) in [6.45, 7) is -0.809. The molecule has 0 saturated heterocycles. The van der Waals surface area contributed by atoms with Crippen LogP contribution >= 0.6 is 0 Å². The molecule has 0 radical (unpaired) electrons. The van der Waals surface area contributed by atoms with Crippen molar-refractivity contribution in [3.8, 4) is 5.75 Å². The number of aliphatic carboxylic acids is 1. The summed E-state index contributed by atoms with van der Waals surface area (Å²) in [5.41, 5.74) is -0.0702. The van der Waals surface area contributed by atoms with E-state index >= 15 is 0 Å². The van der Waals surface area contributed by atoms with Crippen LogP contribution in [0.1, 0.15) is 10.4 Å². The first-order valence-corrected chi connectivity index (χ1v) is 5.23. The van der Waals surface area contributed by atoms with Crippen molar-refractivity contribution < 1.29 is 37.7 Å². The predicted molar refractivity (Wildman–Crippen MR) is 59.1 cm³/mol. The van der Waals surface area contributed by atoms with Gasteiger partial charge in [0.25, 0.3) is 5.91 Å². The molecule has 0 fully saturated rings. The Morgan fingerprint density at radius 2 is 1.80 bits per heavy atom. The summed E-state index contributed by atoms with van der Waals surface area (Å²) in [4.78, 5) is 22.2. The number of rotatable bonds is 5. The van der Waals surface area contributed by atoms with Gasteiger partial charge in [0.1, 0.15) is 5.75 Å². The van der Waals surface area contributed by atoms with E-state index in [1.807, 2.05) is 5.32 Å². The van der Waals surface area contributed by atoms with Crippen LogP contribution in [-0.4, -0.2) is 41.1 Å². The van der Waals surface area contributed by atoms with Crippen LogP contribution in [0.15, 0.2) is 24.3 Å². The van der Waals surface area contributed by atoms with E-state index < -0.39 is 36.6 Å². The van der Waals surface area contributed by atoms with Gasteiger partial charge in [-0.15, -0.1) is 13.2 Å². The molecule has 0 aliphatic heterocycles. The van der Waals surface area contributed by atoms with Crippen LogP contribution in [0.25, 0.3) is 0 Å². The molecule has 1 aromatic carbocycles. The van der Waals surface area contributed by atoms with Crippen LogP contribution in [0, 0.1) is 0 Å². The van der Waals surface area contributed by atoms with Crippen molar-refractivity contribution in [2.24, 2.45) is 0 Å². The lowest BCUT2D eigenvalue weighted by molar-refractivity contribution is -0.274. The third-order valence-corrected chi connectivity index (χ3v) is 2.14. The van der Waals surface area contributed by atoms with E-state index in [0.29, 0.717) is 0 Å². The molecule has 0 bridgehead atoms. The fourth-order valence-electron chi connectivity index (χ4n) is 1.24. The molecular weight excluding hydrogens is 283 g/mol. The van der Waals surface area contributed by atoms with Crippen LogP contribution in [0.4, 0.5) is 13.2 Å². The van der Waals surface area contributed by atoms with Crippen molar-refractivity contribution >= 4 is 11.9 Å². The molecule has 3 N–H and O–H groups in total. The first-order valence-electron chi connectivity index (χ1n) is 5.23. The average Bonchev–Trinajstić information content (AvgIpc) is 2.34. The molecule has 1 aromatic rings. The zero-order valence-corrected chi connectivity index (χ0v) is 9.85. The van der Waals surface area contributed by atoms with Crippen LogP contribution in [0.3, 0.4) is 0 Å². The highest BCUT2D eigenvalue weighted by molar-refractivity contribution is 5.96. The molecule has 0 aliphatic rings. The van der Waals surface area contributed by atoms with E-state index in [-0.39, 0.29) is 5.56 Å². The number of carbonyl (C=O) groups excluding carboxylic acids is 1. The SMILES string of the molecule is O=C(N[C@H](CO)C(=O)O)c1ccc(OC(F)(F)F)cc1. The maximum atomic E-state index is 11.9. The van der Waals surface area contributed by atoms with Gasteiger partial charge in [-0.3, -0.25) is 4.79 Å². The number of nitrogens with one attached hydrogen (secondary N) is 1. The smallest absolute Gasteiger partial charge is 0.480 e. The van der Waals surface area contributed by atoms with Crippen molar-refractivity contribution in [3.63, 3.8) is 0 Å². The normalized spacial score (nSPS) is 12.6. The summed E-state index contributed by atoms with van der Waals surface area (Å²) >= 11 is 0. The number of carboxylic acid groups (broad SMARTS) is 1. The predicted octanol–water partition coefficient (Wildman–Crippen LogP) is 0.760. The molecule has 0 aromatic heterocycles. The highest BCUT2D eigenvalue weighted by atomic mass is 19.4. The zero-order valence-electron chi connectivity index (χ0n) is 9.85. The summed E-state index contributed by atoms with van der Waals surface area (Å²) in [5, 5.41) is 19.3. The number of aliphatic hydroxyl groups is 1. The fourth-order valence-corrected chi connectivity index (χ4v) is 1.24. The first kappa shape index (κ1) is 15.8. The van der Waals surface area contributed by atoms with E-state index in [0.717, 1.165) is 24.3 Å². The summed E-state index contributed by atoms with van der Waals surface area (Å²) in [7, 11) is 0. The Morgan fingerprint density at radius 3 is 2.20 bits per heavy atom. The van der Waals surface area contributed by atoms with Crippen LogP contribution in [0.5, 0.6) is 5.75 Å². The van der Waals surface area contributed by atoms with E-state index in [2.05, 4.69) is 4.74 Å². The number of aliphatic hydroxyl groups excluding tert-OH is 1. The van der Waals surface area contributed by atoms with Gasteiger partial charge in [-0.1, -0.05) is 0 Å². The topological polar surface area (TPSA) is 95.9 Å². The number of hydrogen-bond acceptors (Lipinski definition) is 4. The largest absolute Gasteiger partial charge is 0.573 e. The van der Waals surface area contributed by atoms with Gasteiger partial charge in [0, 0.05) is 5.56 Å². The fraction of sp³-hybridized carbons (Fsp3) is 0.273. The molecule has 110 valence electrons. The number of carbonyl (C=O) groups is 2. The van der Waals surface area contributed by atoms with Gasteiger partial charge in [-0.2, -0.15) is 0 Å². The Bertz CT molecular complexity index is 486. The molecule has 0 unspecified atom stereocenters. The van der Waals surface area contributed by atoms with E-state index in [1.54, 1.807) is 0 Å². The van der Waals surface area contributed by atoms with Gasteiger partial charge in [-0.05, 0) is 24.3 Å². The minimum Gasteiger partial charge on any atom is -0.480 e. The van der Waals surface area contributed by atoms with Crippen LogP contribution < -0.4 is 10.1 Å². The molecule has 1 rings (SSSR count). The summed E-state index contributed by atoms with van der Waals surface area (Å²) in [6.07, 6.45) is -4.84. The van der Waals surface area contributed by atoms with Crippen molar-refractivity contribution in [1.82, 2.24) is 5.32 Å². The lowest BCUT2D eigenvalue weighted by Gasteiger charge is -2.12. The van der Waals surface area contributed by atoms with Gasteiger partial charge in [0.15, 0.2) is 6.04 Å². The molecule has 0 spiro atoms. The Kier molecular flexibility index (Phi) is 4.92. The minimum absolute atomic E-state index is 0.0702. The Morgan fingerprint density at radius 1 is 1.25 bits per heavy atom. The van der Waals surface area contributed by atoms with Crippen molar-refractivity contribution in [1.29, 1.82) is 0 Å². The first-order chi connectivity index (χ1) is 9.23. The third kappa shape index (κ3) is 4.76. The second kappa shape index (κ2) is 6.24. The quantitative estimate of drug-likeness (QED) is 0.745. The number of carboxylic acids is 1. The lowest BCUT2D eigenvalue weighted by atomic mass is 10.2. The zero-order chi connectivity index (χ0) is 15.3. The molecule has 0 aliphatic carbocycles. The average molecular weight is 293 g/mol. The number of hydrogen-bond donors (Lipinski definition) is 3. The molecule has 6 nitrogen and oxygen atoms in total. The van der Waals surface area contributed by atoms with Crippen molar-refractivity contribution in [2.75, 3.05) is 6.61 Å².